The maximum absolute atomic E-state index is 13.2. The fraction of sp³-hybridized carbons (Fsp3) is 0. The summed E-state index contributed by atoms with van der Waals surface area (Å²) in [6.45, 7) is 0. The zero-order valence-corrected chi connectivity index (χ0v) is 9.67. The van der Waals surface area contributed by atoms with Crippen molar-refractivity contribution in [1.82, 2.24) is 15.0 Å². The fourth-order valence-electron chi connectivity index (χ4n) is 1.82. The van der Waals surface area contributed by atoms with E-state index < -0.39 is 11.6 Å². The second kappa shape index (κ2) is 4.03. The molecule has 2 aromatic heterocycles. The molecule has 0 radical (unpaired) electrons. The van der Waals surface area contributed by atoms with Crippen LogP contribution in [-0.2, 0) is 0 Å². The van der Waals surface area contributed by atoms with Crippen LogP contribution in [0.1, 0.15) is 0 Å². The Bertz CT molecular complexity index is 739. The number of halogens is 3. The molecule has 0 aliphatic carbocycles. The minimum Gasteiger partial charge on any atom is -0.345 e. The van der Waals surface area contributed by atoms with Crippen LogP contribution >= 0.6 is 11.6 Å². The number of rotatable bonds is 1. The van der Waals surface area contributed by atoms with Crippen molar-refractivity contribution in [3.63, 3.8) is 0 Å². The molecule has 3 nitrogen and oxygen atoms in total. The first-order valence-corrected chi connectivity index (χ1v) is 5.47. The number of H-pyrrole nitrogens is 1. The molecule has 90 valence electrons. The number of fused-ring (bicyclic) bond motifs is 1. The van der Waals surface area contributed by atoms with Crippen molar-refractivity contribution < 1.29 is 8.78 Å². The third-order valence-electron chi connectivity index (χ3n) is 2.65. The van der Waals surface area contributed by atoms with Gasteiger partial charge in [-0.15, -0.1) is 0 Å². The largest absolute Gasteiger partial charge is 0.345 e. The van der Waals surface area contributed by atoms with Gasteiger partial charge < -0.3 is 4.98 Å². The van der Waals surface area contributed by atoms with Gasteiger partial charge in [-0.25, -0.2) is 18.7 Å². The summed E-state index contributed by atoms with van der Waals surface area (Å²) in [4.78, 5) is 10.8. The van der Waals surface area contributed by atoms with Crippen molar-refractivity contribution in [3.05, 3.63) is 47.5 Å². The Kier molecular flexibility index (Phi) is 2.48. The van der Waals surface area contributed by atoms with E-state index in [0.29, 0.717) is 22.2 Å². The van der Waals surface area contributed by atoms with Crippen LogP contribution in [0.4, 0.5) is 8.78 Å². The van der Waals surface area contributed by atoms with Crippen LogP contribution in [-0.4, -0.2) is 15.0 Å². The zero-order valence-electron chi connectivity index (χ0n) is 8.92. The topological polar surface area (TPSA) is 41.6 Å². The molecule has 0 fully saturated rings. The molecule has 18 heavy (non-hydrogen) atoms. The second-order valence-electron chi connectivity index (χ2n) is 3.72. The Hall–Kier alpha value is -2.01. The van der Waals surface area contributed by atoms with Gasteiger partial charge in [-0.05, 0) is 17.7 Å². The van der Waals surface area contributed by atoms with Crippen molar-refractivity contribution in [2.75, 3.05) is 0 Å². The summed E-state index contributed by atoms with van der Waals surface area (Å²) < 4.78 is 26.1. The fourth-order valence-corrected chi connectivity index (χ4v) is 2.05. The van der Waals surface area contributed by atoms with Gasteiger partial charge in [0.25, 0.3) is 0 Å². The van der Waals surface area contributed by atoms with Crippen molar-refractivity contribution in [1.29, 1.82) is 0 Å². The van der Waals surface area contributed by atoms with Crippen LogP contribution < -0.4 is 0 Å². The first-order valence-electron chi connectivity index (χ1n) is 5.10. The number of aromatic nitrogens is 3. The highest BCUT2D eigenvalue weighted by Gasteiger charge is 2.12. The van der Waals surface area contributed by atoms with Crippen LogP contribution in [0.15, 0.2) is 30.7 Å². The molecule has 0 spiro atoms. The molecule has 0 aliphatic heterocycles. The highest BCUT2D eigenvalue weighted by molar-refractivity contribution is 6.35. The molecule has 6 heteroatoms. The van der Waals surface area contributed by atoms with Crippen LogP contribution in [0.5, 0.6) is 0 Å². The third kappa shape index (κ3) is 1.64. The number of nitrogens with zero attached hydrogens (tertiary/aromatic N) is 2. The van der Waals surface area contributed by atoms with Gasteiger partial charge in [0.05, 0.1) is 5.39 Å². The van der Waals surface area contributed by atoms with Crippen LogP contribution in [0.3, 0.4) is 0 Å². The van der Waals surface area contributed by atoms with Crippen LogP contribution in [0, 0.1) is 11.6 Å². The predicted octanol–water partition coefficient (Wildman–Crippen LogP) is 3.56. The molecule has 1 aromatic carbocycles. The summed E-state index contributed by atoms with van der Waals surface area (Å²) in [7, 11) is 0. The summed E-state index contributed by atoms with van der Waals surface area (Å²) in [5.41, 5.74) is 1.70. The molecule has 0 saturated carbocycles. The van der Waals surface area contributed by atoms with E-state index in [4.69, 9.17) is 11.6 Å². The van der Waals surface area contributed by atoms with Crippen molar-refractivity contribution in [2.45, 2.75) is 0 Å². The number of aromatic amines is 1. The van der Waals surface area contributed by atoms with E-state index in [-0.39, 0.29) is 5.15 Å². The molecule has 2 heterocycles. The molecule has 0 atom stereocenters. The lowest BCUT2D eigenvalue weighted by Crippen LogP contribution is -1.86. The summed E-state index contributed by atoms with van der Waals surface area (Å²) in [5, 5.41) is 0.853. The Morgan fingerprint density at radius 2 is 1.94 bits per heavy atom. The minimum absolute atomic E-state index is 0.265. The average Bonchev–Trinajstić information content (AvgIpc) is 2.78. The molecule has 3 rings (SSSR count). The summed E-state index contributed by atoms with van der Waals surface area (Å²) in [6.07, 6.45) is 2.97. The molecule has 0 aliphatic rings. The smallest absolute Gasteiger partial charge is 0.159 e. The molecular weight excluding hydrogens is 260 g/mol. The first kappa shape index (κ1) is 11.1. The van der Waals surface area contributed by atoms with Gasteiger partial charge in [-0.2, -0.15) is 0 Å². The van der Waals surface area contributed by atoms with E-state index in [1.54, 1.807) is 6.20 Å². The molecule has 3 aromatic rings. The first-order chi connectivity index (χ1) is 8.66. The molecule has 0 amide bonds. The van der Waals surface area contributed by atoms with E-state index >= 15 is 0 Å². The van der Waals surface area contributed by atoms with E-state index in [2.05, 4.69) is 15.0 Å². The lowest BCUT2D eigenvalue weighted by molar-refractivity contribution is 0.509. The molecule has 0 saturated heterocycles. The minimum atomic E-state index is -0.908. The monoisotopic (exact) mass is 265 g/mol. The quantitative estimate of drug-likeness (QED) is 0.684. The number of hydrogen-bond acceptors (Lipinski definition) is 2. The number of benzene rings is 1. The molecule has 0 bridgehead atoms. The van der Waals surface area contributed by atoms with Gasteiger partial charge in [0.15, 0.2) is 11.6 Å². The Morgan fingerprint density at radius 3 is 2.72 bits per heavy atom. The van der Waals surface area contributed by atoms with Crippen molar-refractivity contribution in [2.24, 2.45) is 0 Å². The summed E-state index contributed by atoms with van der Waals surface area (Å²) in [6, 6.07) is 3.66. The molecular formula is C12H6ClF2N3. The summed E-state index contributed by atoms with van der Waals surface area (Å²) in [5.74, 6) is -1.80. The van der Waals surface area contributed by atoms with Crippen molar-refractivity contribution in [3.8, 4) is 11.1 Å². The van der Waals surface area contributed by atoms with Gasteiger partial charge in [0.1, 0.15) is 17.1 Å². The Labute approximate surface area is 105 Å². The maximum atomic E-state index is 13.2. The maximum Gasteiger partial charge on any atom is 0.159 e. The zero-order chi connectivity index (χ0) is 12.7. The van der Waals surface area contributed by atoms with E-state index in [9.17, 15) is 8.78 Å². The van der Waals surface area contributed by atoms with Crippen LogP contribution in [0.2, 0.25) is 5.15 Å². The Morgan fingerprint density at radius 1 is 1.11 bits per heavy atom. The highest BCUT2D eigenvalue weighted by atomic mass is 35.5. The van der Waals surface area contributed by atoms with Gasteiger partial charge in [-0.3, -0.25) is 0 Å². The lowest BCUT2D eigenvalue weighted by atomic mass is 10.1. The van der Waals surface area contributed by atoms with Crippen molar-refractivity contribution >= 4 is 22.6 Å². The molecule has 0 unspecified atom stereocenters. The van der Waals surface area contributed by atoms with E-state index in [1.165, 1.54) is 12.4 Å². The van der Waals surface area contributed by atoms with E-state index in [1.807, 2.05) is 0 Å². The highest BCUT2D eigenvalue weighted by Crippen LogP contribution is 2.32. The predicted molar refractivity (Wildman–Crippen MR) is 64.3 cm³/mol. The van der Waals surface area contributed by atoms with Gasteiger partial charge in [0.2, 0.25) is 0 Å². The number of hydrogen-bond donors (Lipinski definition) is 1. The average molecular weight is 266 g/mol. The standard InChI is InChI=1S/C12H6ClF2N3/c13-11-10-7(4-16-12(10)18-5-17-11)6-1-2-8(14)9(15)3-6/h1-5H,(H,16,17,18). The SMILES string of the molecule is Fc1ccc(-c2c[nH]c3ncnc(Cl)c23)cc1F. The van der Waals surface area contributed by atoms with Gasteiger partial charge >= 0.3 is 0 Å². The van der Waals surface area contributed by atoms with Gasteiger partial charge in [-0.1, -0.05) is 17.7 Å². The molecule has 1 N–H and O–H groups in total. The number of nitrogens with one attached hydrogen (secondary N) is 1. The summed E-state index contributed by atoms with van der Waals surface area (Å²) >= 11 is 5.99. The van der Waals surface area contributed by atoms with Gasteiger partial charge in [0, 0.05) is 11.8 Å². The normalized spacial score (nSPS) is 11.1. The second-order valence-corrected chi connectivity index (χ2v) is 4.08. The Balaban J connectivity index is 2.28. The van der Waals surface area contributed by atoms with Crippen LogP contribution in [0.25, 0.3) is 22.2 Å². The van der Waals surface area contributed by atoms with E-state index in [0.717, 1.165) is 12.1 Å². The lowest BCUT2D eigenvalue weighted by Gasteiger charge is -2.01. The third-order valence-corrected chi connectivity index (χ3v) is 2.94.